The van der Waals surface area contributed by atoms with Crippen LogP contribution in [0.2, 0.25) is 0 Å². The van der Waals surface area contributed by atoms with Gasteiger partial charge in [0.25, 0.3) is 0 Å². The second-order valence-electron chi connectivity index (χ2n) is 6.29. The molecule has 1 aliphatic heterocycles. The van der Waals surface area contributed by atoms with E-state index in [2.05, 4.69) is 15.6 Å². The van der Waals surface area contributed by atoms with Crippen LogP contribution >= 0.6 is 12.2 Å². The van der Waals surface area contributed by atoms with Crippen LogP contribution in [0.25, 0.3) is 11.3 Å². The Balaban J connectivity index is 1.83. The molecule has 0 bridgehead atoms. The molecule has 6 nitrogen and oxygen atoms in total. The van der Waals surface area contributed by atoms with Gasteiger partial charge in [0.1, 0.15) is 17.3 Å². The van der Waals surface area contributed by atoms with Gasteiger partial charge in [0.15, 0.2) is 0 Å². The van der Waals surface area contributed by atoms with Crippen LogP contribution in [-0.2, 0) is 11.3 Å². The summed E-state index contributed by atoms with van der Waals surface area (Å²) in [6.45, 7) is 4.41. The van der Waals surface area contributed by atoms with Crippen LogP contribution < -0.4 is 5.32 Å². The number of carbonyl (C=O) groups is 1. The van der Waals surface area contributed by atoms with Crippen molar-refractivity contribution in [1.29, 1.82) is 0 Å². The predicted molar refractivity (Wildman–Crippen MR) is 101 cm³/mol. The van der Waals surface area contributed by atoms with E-state index in [4.69, 9.17) is 12.2 Å². The van der Waals surface area contributed by atoms with Crippen molar-refractivity contribution in [3.05, 3.63) is 47.3 Å². The lowest BCUT2D eigenvalue weighted by Crippen LogP contribution is -2.32. The summed E-state index contributed by atoms with van der Waals surface area (Å²) < 4.78 is 30.6. The Morgan fingerprint density at radius 3 is 2.56 bits per heavy atom. The Kier molecular flexibility index (Phi) is 5.59. The van der Waals surface area contributed by atoms with E-state index in [-0.39, 0.29) is 17.2 Å². The molecule has 0 saturated carbocycles. The van der Waals surface area contributed by atoms with E-state index in [1.165, 1.54) is 23.7 Å². The predicted octanol–water partition coefficient (Wildman–Crippen LogP) is 2.62. The van der Waals surface area contributed by atoms with Crippen molar-refractivity contribution in [1.82, 2.24) is 25.2 Å². The number of nitrogens with one attached hydrogen (secondary N) is 1. The molecule has 1 amide bonds. The number of nitrogens with zero attached hydrogens (tertiary/aromatic N) is 4. The van der Waals surface area contributed by atoms with Crippen molar-refractivity contribution < 1.29 is 13.6 Å². The first-order valence-corrected chi connectivity index (χ1v) is 8.86. The van der Waals surface area contributed by atoms with Crippen molar-refractivity contribution in [2.24, 2.45) is 0 Å². The molecule has 0 radical (unpaired) electrons. The summed E-state index contributed by atoms with van der Waals surface area (Å²) in [4.78, 5) is 13.6. The third kappa shape index (κ3) is 4.36. The van der Waals surface area contributed by atoms with Gasteiger partial charge in [-0.15, -0.1) is 5.10 Å². The number of amides is 1. The highest BCUT2D eigenvalue weighted by molar-refractivity contribution is 7.80. The van der Waals surface area contributed by atoms with Crippen LogP contribution in [0.4, 0.5) is 8.78 Å². The van der Waals surface area contributed by atoms with Crippen molar-refractivity contribution in [2.45, 2.75) is 26.8 Å². The fraction of sp³-hybridized carbons (Fsp3) is 0.333. The SMILES string of the molecule is CC(=O)N1CC=C(c2c(F)cc(-n3cc(CNC(C)=S)nn3)cc2F)CC1. The molecular formula is C18H19F2N5OS. The maximum absolute atomic E-state index is 14.6. The summed E-state index contributed by atoms with van der Waals surface area (Å²) in [5, 5.41) is 10.8. The summed E-state index contributed by atoms with van der Waals surface area (Å²) in [7, 11) is 0. The molecule has 9 heteroatoms. The van der Waals surface area contributed by atoms with E-state index in [0.717, 1.165) is 0 Å². The van der Waals surface area contributed by atoms with Gasteiger partial charge in [-0.1, -0.05) is 23.5 Å². The molecule has 0 unspecified atom stereocenters. The minimum absolute atomic E-state index is 0.0538. The Morgan fingerprint density at radius 1 is 1.30 bits per heavy atom. The fourth-order valence-electron chi connectivity index (χ4n) is 2.90. The number of aromatic nitrogens is 3. The molecule has 0 saturated heterocycles. The van der Waals surface area contributed by atoms with Gasteiger partial charge in [0.05, 0.1) is 23.4 Å². The molecule has 3 rings (SSSR count). The Labute approximate surface area is 160 Å². The largest absolute Gasteiger partial charge is 0.374 e. The Bertz CT molecular complexity index is 901. The van der Waals surface area contributed by atoms with E-state index in [0.29, 0.717) is 42.3 Å². The van der Waals surface area contributed by atoms with Crippen molar-refractivity contribution in [2.75, 3.05) is 13.1 Å². The van der Waals surface area contributed by atoms with Gasteiger partial charge in [-0.2, -0.15) is 0 Å². The zero-order chi connectivity index (χ0) is 19.6. The lowest BCUT2D eigenvalue weighted by atomic mass is 9.98. The molecule has 1 aliphatic rings. The fourth-order valence-corrected chi connectivity index (χ4v) is 2.97. The lowest BCUT2D eigenvalue weighted by molar-refractivity contribution is -0.128. The van der Waals surface area contributed by atoms with Gasteiger partial charge in [0, 0.05) is 37.7 Å². The standard InChI is InChI=1S/C18H19F2N5OS/c1-11(27)21-9-14-10-25(23-22-14)15-7-16(19)18(17(20)8-15)13-3-5-24(6-4-13)12(2)26/h3,7-8,10H,4-6,9H2,1-2H3,(H,21,27). The quantitative estimate of drug-likeness (QED) is 0.812. The van der Waals surface area contributed by atoms with E-state index in [9.17, 15) is 13.6 Å². The highest BCUT2D eigenvalue weighted by atomic mass is 32.1. The minimum Gasteiger partial charge on any atom is -0.374 e. The number of benzene rings is 1. The highest BCUT2D eigenvalue weighted by Crippen LogP contribution is 2.29. The normalized spacial score (nSPS) is 14.1. The molecule has 1 aromatic carbocycles. The van der Waals surface area contributed by atoms with Gasteiger partial charge < -0.3 is 10.2 Å². The molecule has 2 aromatic rings. The smallest absolute Gasteiger partial charge is 0.219 e. The molecule has 2 heterocycles. The average Bonchev–Trinajstić information content (AvgIpc) is 3.09. The number of thiocarbonyl (C=S) groups is 1. The summed E-state index contributed by atoms with van der Waals surface area (Å²) in [5.74, 6) is -1.39. The van der Waals surface area contributed by atoms with Crippen LogP contribution in [0, 0.1) is 11.6 Å². The van der Waals surface area contributed by atoms with Crippen LogP contribution in [0.15, 0.2) is 24.4 Å². The molecule has 1 aromatic heterocycles. The van der Waals surface area contributed by atoms with Crippen molar-refractivity contribution >= 4 is 28.7 Å². The Hall–Kier alpha value is -2.68. The van der Waals surface area contributed by atoms with Crippen LogP contribution in [0.1, 0.15) is 31.5 Å². The average molecular weight is 391 g/mol. The summed E-state index contributed by atoms with van der Waals surface area (Å²) in [6, 6.07) is 2.46. The first-order chi connectivity index (χ1) is 12.8. The first kappa shape index (κ1) is 19.1. The zero-order valence-electron chi connectivity index (χ0n) is 15.0. The molecule has 142 valence electrons. The molecule has 1 N–H and O–H groups in total. The van der Waals surface area contributed by atoms with Crippen molar-refractivity contribution in [3.8, 4) is 5.69 Å². The second-order valence-corrected chi connectivity index (χ2v) is 6.91. The van der Waals surface area contributed by atoms with E-state index in [1.54, 1.807) is 24.1 Å². The topological polar surface area (TPSA) is 63.1 Å². The Morgan fingerprint density at radius 2 is 2.00 bits per heavy atom. The molecule has 0 aliphatic carbocycles. The van der Waals surface area contributed by atoms with Crippen LogP contribution in [-0.4, -0.2) is 43.9 Å². The monoisotopic (exact) mass is 391 g/mol. The van der Waals surface area contributed by atoms with Gasteiger partial charge in [-0.3, -0.25) is 4.79 Å². The number of rotatable bonds is 4. The van der Waals surface area contributed by atoms with Gasteiger partial charge in [-0.05, 0) is 18.9 Å². The third-order valence-corrected chi connectivity index (χ3v) is 4.47. The molecule has 27 heavy (non-hydrogen) atoms. The summed E-state index contributed by atoms with van der Waals surface area (Å²) in [6.07, 6.45) is 3.69. The molecule has 0 spiro atoms. The summed E-state index contributed by atoms with van der Waals surface area (Å²) >= 11 is 4.93. The van der Waals surface area contributed by atoms with E-state index in [1.807, 2.05) is 0 Å². The first-order valence-electron chi connectivity index (χ1n) is 8.45. The van der Waals surface area contributed by atoms with Crippen molar-refractivity contribution in [3.63, 3.8) is 0 Å². The molecule has 0 fully saturated rings. The third-order valence-electron chi connectivity index (χ3n) is 4.33. The summed E-state index contributed by atoms with van der Waals surface area (Å²) in [5.41, 5.74) is 1.35. The second kappa shape index (κ2) is 7.91. The van der Waals surface area contributed by atoms with Gasteiger partial charge in [0.2, 0.25) is 5.91 Å². The van der Waals surface area contributed by atoms with Gasteiger partial charge in [-0.25, -0.2) is 13.5 Å². The zero-order valence-corrected chi connectivity index (χ0v) is 15.8. The minimum atomic E-state index is -0.669. The number of carbonyl (C=O) groups excluding carboxylic acids is 1. The lowest BCUT2D eigenvalue weighted by Gasteiger charge is -2.25. The maximum Gasteiger partial charge on any atom is 0.219 e. The van der Waals surface area contributed by atoms with Crippen LogP contribution in [0.5, 0.6) is 0 Å². The number of halogens is 2. The number of hydrogen-bond donors (Lipinski definition) is 1. The number of hydrogen-bond acceptors (Lipinski definition) is 4. The highest BCUT2D eigenvalue weighted by Gasteiger charge is 2.21. The van der Waals surface area contributed by atoms with E-state index >= 15 is 0 Å². The van der Waals surface area contributed by atoms with Gasteiger partial charge >= 0.3 is 0 Å². The van der Waals surface area contributed by atoms with Crippen LogP contribution in [0.3, 0.4) is 0 Å². The molecule has 0 atom stereocenters. The molecular weight excluding hydrogens is 372 g/mol. The maximum atomic E-state index is 14.6. The van der Waals surface area contributed by atoms with E-state index < -0.39 is 11.6 Å².